The molecule has 2 heteroatoms. The second-order valence-electron chi connectivity index (χ2n) is 0.857. The topological polar surface area (TPSA) is 0 Å². The molecule has 0 bridgehead atoms. The van der Waals surface area contributed by atoms with Crippen LogP contribution in [-0.4, -0.2) is 0 Å². The normalized spacial score (nSPS) is 11.8. The average Bonchev–Trinajstić information content (AvgIpc) is 1.38. The number of hydrogen-bond acceptors (Lipinski definition) is 0. The first kappa shape index (κ1) is 9.73. The molecule has 0 aliphatic rings. The van der Waals surface area contributed by atoms with Crippen LogP contribution >= 0.6 is 12.4 Å². The third-order valence-electron chi connectivity index (χ3n) is 0.310. The van der Waals surface area contributed by atoms with Crippen LogP contribution in [0.2, 0.25) is 4.89 Å². The molecule has 0 amide bonds. The molecular weight excluding hydrogens is 142 g/mol. The van der Waals surface area contributed by atoms with Crippen LogP contribution in [0.4, 0.5) is 0 Å². The van der Waals surface area contributed by atoms with E-state index in [1.54, 1.807) is 6.08 Å². The van der Waals surface area contributed by atoms with Crippen LogP contribution in [-0.2, 0) is 15.5 Å². The first-order valence-corrected chi connectivity index (χ1v) is 2.07. The van der Waals surface area contributed by atoms with E-state index < -0.39 is 0 Å². The van der Waals surface area contributed by atoms with Gasteiger partial charge in [-0.3, -0.25) is 0 Å². The van der Waals surface area contributed by atoms with Gasteiger partial charge in [0.15, 0.2) is 0 Å². The number of hydrogen-bond donors (Lipinski definition) is 0. The maximum atomic E-state index is 4.41. The fourth-order valence-electron chi connectivity index (χ4n) is 0. The molecular formula is C4H8ClNi. The van der Waals surface area contributed by atoms with Crippen molar-refractivity contribution in [3.05, 3.63) is 12.7 Å². The van der Waals surface area contributed by atoms with Crippen molar-refractivity contribution in [3.8, 4) is 0 Å². The summed E-state index contributed by atoms with van der Waals surface area (Å²) in [7, 11) is 0. The minimum atomic E-state index is 0. The van der Waals surface area contributed by atoms with Crippen molar-refractivity contribution in [1.82, 2.24) is 0 Å². The van der Waals surface area contributed by atoms with Crippen molar-refractivity contribution in [2.45, 2.75) is 11.8 Å². The van der Waals surface area contributed by atoms with E-state index in [1.807, 2.05) is 6.92 Å². The van der Waals surface area contributed by atoms with Gasteiger partial charge in [0.05, 0.1) is 0 Å². The monoisotopic (exact) mass is 149 g/mol. The molecule has 0 rings (SSSR count). The maximum Gasteiger partial charge on any atom is -0.147 e. The minimum absolute atomic E-state index is 0. The van der Waals surface area contributed by atoms with Gasteiger partial charge in [0.25, 0.3) is 0 Å². The van der Waals surface area contributed by atoms with Crippen molar-refractivity contribution in [2.75, 3.05) is 0 Å². The Morgan fingerprint density at radius 3 is 2.00 bits per heavy atom. The van der Waals surface area contributed by atoms with Gasteiger partial charge < -0.3 is 0 Å². The van der Waals surface area contributed by atoms with Gasteiger partial charge in [0.1, 0.15) is 0 Å². The summed E-state index contributed by atoms with van der Waals surface area (Å²) < 4.78 is 0. The third-order valence-corrected chi connectivity index (χ3v) is 0.543. The van der Waals surface area contributed by atoms with E-state index in [-0.39, 0.29) is 17.3 Å². The molecule has 1 atom stereocenters. The Hall–Kier alpha value is 0.524. The van der Waals surface area contributed by atoms with Crippen LogP contribution in [0.5, 0.6) is 0 Å². The van der Waals surface area contributed by atoms with Crippen LogP contribution in [0.3, 0.4) is 0 Å². The number of halogens is 1. The van der Waals surface area contributed by atoms with Crippen LogP contribution in [0.15, 0.2) is 12.7 Å². The Kier molecular flexibility index (Phi) is 8.95. The molecule has 0 aromatic heterocycles. The van der Waals surface area contributed by atoms with Gasteiger partial charge >= 0.3 is 39.9 Å². The molecule has 0 N–H and O–H groups in total. The van der Waals surface area contributed by atoms with Crippen molar-refractivity contribution in [3.63, 3.8) is 0 Å². The van der Waals surface area contributed by atoms with Crippen molar-refractivity contribution < 1.29 is 15.5 Å². The third kappa shape index (κ3) is 8.82. The average molecular weight is 150 g/mol. The molecule has 0 aliphatic heterocycles. The number of allylic oxidation sites excluding steroid dienone is 1. The molecule has 0 fully saturated rings. The molecule has 0 nitrogen and oxygen atoms in total. The summed E-state index contributed by atoms with van der Waals surface area (Å²) in [6.45, 7) is 5.40. The quantitative estimate of drug-likeness (QED) is 0.396. The predicted molar refractivity (Wildman–Crippen MR) is 26.9 cm³/mol. The molecule has 6 heavy (non-hydrogen) atoms. The molecule has 0 heterocycles. The fourth-order valence-corrected chi connectivity index (χ4v) is 0. The Balaban J connectivity index is 0. The smallest absolute Gasteiger partial charge is 0.147 e. The van der Waals surface area contributed by atoms with Crippen LogP contribution in [0.1, 0.15) is 6.92 Å². The van der Waals surface area contributed by atoms with Gasteiger partial charge in [-0.1, -0.05) is 0 Å². The Labute approximate surface area is 52.8 Å². The van der Waals surface area contributed by atoms with E-state index >= 15 is 0 Å². The standard InChI is InChI=1S/C4H7.ClH.Ni/c1-3-4-2;;/h3-4H,1H2,2H3;1H;. The van der Waals surface area contributed by atoms with Gasteiger partial charge in [-0.15, -0.1) is 12.4 Å². The molecule has 0 saturated carbocycles. The summed E-state index contributed by atoms with van der Waals surface area (Å²) >= 11 is 4.41. The number of rotatable bonds is 1. The van der Waals surface area contributed by atoms with Crippen LogP contribution < -0.4 is 0 Å². The molecule has 0 aromatic rings. The molecule has 1 unspecified atom stereocenters. The van der Waals surface area contributed by atoms with Gasteiger partial charge in [0, 0.05) is 0 Å². The first-order valence-electron chi connectivity index (χ1n) is 1.50. The van der Waals surface area contributed by atoms with Crippen LogP contribution in [0, 0.1) is 0 Å². The second kappa shape index (κ2) is 5.52. The van der Waals surface area contributed by atoms with E-state index in [0.29, 0.717) is 0 Å². The summed E-state index contributed by atoms with van der Waals surface area (Å²) in [6, 6.07) is 0. The maximum absolute atomic E-state index is 4.41. The van der Waals surface area contributed by atoms with Gasteiger partial charge in [-0.05, 0) is 0 Å². The summed E-state index contributed by atoms with van der Waals surface area (Å²) in [5.41, 5.74) is 0. The molecule has 41 valence electrons. The zero-order valence-electron chi connectivity index (χ0n) is 3.59. The first-order chi connectivity index (χ1) is 2.27. The molecule has 0 aromatic carbocycles. The molecule has 0 aliphatic carbocycles. The fraction of sp³-hybridized carbons (Fsp3) is 0.500. The summed E-state index contributed by atoms with van der Waals surface area (Å²) in [5, 5.41) is 0. The van der Waals surface area contributed by atoms with E-state index in [0.717, 1.165) is 0 Å². The van der Waals surface area contributed by atoms with E-state index in [4.69, 9.17) is 0 Å². The Bertz CT molecular complexity index is 34.5. The van der Waals surface area contributed by atoms with Crippen molar-refractivity contribution in [2.24, 2.45) is 0 Å². The summed E-state index contributed by atoms with van der Waals surface area (Å²) in [4.78, 5) is 0.273. The second-order valence-corrected chi connectivity index (χ2v) is 1.76. The van der Waals surface area contributed by atoms with E-state index in [2.05, 4.69) is 22.0 Å². The van der Waals surface area contributed by atoms with E-state index in [1.165, 1.54) is 0 Å². The zero-order chi connectivity index (χ0) is 4.28. The van der Waals surface area contributed by atoms with Crippen molar-refractivity contribution in [1.29, 1.82) is 0 Å². The largest absolute Gasteiger partial charge is 0.147 e. The van der Waals surface area contributed by atoms with Gasteiger partial charge in [-0.2, -0.15) is 0 Å². The Morgan fingerprint density at radius 2 is 2.00 bits per heavy atom. The minimum Gasteiger partial charge on any atom is -0.147 e. The predicted octanol–water partition coefficient (Wildman–Crippen LogP) is 1.95. The van der Waals surface area contributed by atoms with Crippen molar-refractivity contribution >= 4 is 12.4 Å². The zero-order valence-corrected chi connectivity index (χ0v) is 5.39. The molecule has 0 spiro atoms. The van der Waals surface area contributed by atoms with E-state index in [9.17, 15) is 0 Å². The SMILES string of the molecule is C=C[CH](C)[Ni].Cl. The molecule has 0 saturated heterocycles. The van der Waals surface area contributed by atoms with Gasteiger partial charge in [0.2, 0.25) is 0 Å². The van der Waals surface area contributed by atoms with Gasteiger partial charge in [-0.25, -0.2) is 0 Å². The summed E-state index contributed by atoms with van der Waals surface area (Å²) in [5.74, 6) is 0. The Morgan fingerprint density at radius 1 is 1.83 bits per heavy atom. The van der Waals surface area contributed by atoms with Crippen LogP contribution in [0.25, 0.3) is 0 Å². The summed E-state index contributed by atoms with van der Waals surface area (Å²) in [6.07, 6.45) is 1.75. The molecule has 0 radical (unpaired) electrons.